The molecule has 5 atom stereocenters. The number of carbonyl (C=O) groups is 4. The molecule has 4 rings (SSSR count). The van der Waals surface area contributed by atoms with E-state index < -0.39 is 30.2 Å². The van der Waals surface area contributed by atoms with Crippen molar-refractivity contribution < 1.29 is 28.7 Å². The molecule has 12 nitrogen and oxygen atoms in total. The van der Waals surface area contributed by atoms with Gasteiger partial charge < -0.3 is 35.2 Å². The van der Waals surface area contributed by atoms with Gasteiger partial charge in [-0.25, -0.2) is 4.79 Å². The van der Waals surface area contributed by atoms with Gasteiger partial charge in [0.15, 0.2) is 6.10 Å². The van der Waals surface area contributed by atoms with Crippen LogP contribution < -0.4 is 21.1 Å². The number of primary amides is 1. The third kappa shape index (κ3) is 5.67. The molecule has 2 aliphatic rings. The summed E-state index contributed by atoms with van der Waals surface area (Å²) >= 11 is 0. The largest absolute Gasteiger partial charge is 0.496 e. The number of ether oxygens (including phenoxy) is 2. The number of carbonyl (C=O) groups excluding carboxylic acids is 4. The van der Waals surface area contributed by atoms with Crippen LogP contribution in [0.2, 0.25) is 0 Å². The lowest BCUT2D eigenvalue weighted by molar-refractivity contribution is -0.122. The molecule has 2 saturated heterocycles. The van der Waals surface area contributed by atoms with Gasteiger partial charge in [-0.2, -0.15) is 0 Å². The lowest BCUT2D eigenvalue weighted by Crippen LogP contribution is -2.48. The molecule has 2 aromatic rings. The van der Waals surface area contributed by atoms with Gasteiger partial charge in [0.25, 0.3) is 5.91 Å². The summed E-state index contributed by atoms with van der Waals surface area (Å²) in [4.78, 5) is 50.8. The fourth-order valence-electron chi connectivity index (χ4n) is 5.73. The van der Waals surface area contributed by atoms with Gasteiger partial charge in [-0.3, -0.25) is 19.9 Å². The number of benzene rings is 1. The number of amides is 3. The van der Waals surface area contributed by atoms with Gasteiger partial charge in [-0.05, 0) is 63.8 Å². The number of nitrogens with two attached hydrogens (primary N) is 1. The zero-order chi connectivity index (χ0) is 29.1. The van der Waals surface area contributed by atoms with Gasteiger partial charge in [-0.1, -0.05) is 13.0 Å². The Morgan fingerprint density at radius 2 is 2.08 bits per heavy atom. The molecule has 5 N–H and O–H groups in total. The molecule has 0 saturated carbocycles. The molecule has 0 bridgehead atoms. The summed E-state index contributed by atoms with van der Waals surface area (Å²) in [6.07, 6.45) is 0.846. The molecular formula is C28H38N6O6. The van der Waals surface area contributed by atoms with Gasteiger partial charge in [0.2, 0.25) is 5.91 Å². The van der Waals surface area contributed by atoms with Crippen molar-refractivity contribution in [3.05, 3.63) is 30.0 Å². The van der Waals surface area contributed by atoms with Gasteiger partial charge in [-0.15, -0.1) is 0 Å². The number of hydrogen-bond acceptors (Lipinski definition) is 8. The maximum absolute atomic E-state index is 12.5. The topological polar surface area (TPSA) is 169 Å². The molecule has 40 heavy (non-hydrogen) atoms. The van der Waals surface area contributed by atoms with E-state index in [2.05, 4.69) is 10.6 Å². The minimum Gasteiger partial charge on any atom is -0.496 e. The third-order valence-corrected chi connectivity index (χ3v) is 7.71. The lowest BCUT2D eigenvalue weighted by Gasteiger charge is -2.28. The molecule has 12 heteroatoms. The van der Waals surface area contributed by atoms with E-state index in [1.807, 2.05) is 26.8 Å². The summed E-state index contributed by atoms with van der Waals surface area (Å²) in [7, 11) is 1.54. The zero-order valence-corrected chi connectivity index (χ0v) is 23.3. The molecule has 1 aromatic heterocycles. The van der Waals surface area contributed by atoms with Crippen LogP contribution >= 0.6 is 0 Å². The number of nitrogens with zero attached hydrogens (tertiary/aromatic N) is 2. The summed E-state index contributed by atoms with van der Waals surface area (Å²) in [5, 5.41) is 15.6. The van der Waals surface area contributed by atoms with Gasteiger partial charge in [0, 0.05) is 23.9 Å². The molecule has 0 radical (unpaired) electrons. The maximum Gasteiger partial charge on any atom is 0.416 e. The number of aldehydes is 1. The molecule has 0 spiro atoms. The summed E-state index contributed by atoms with van der Waals surface area (Å²) in [6, 6.07) is 5.63. The summed E-state index contributed by atoms with van der Waals surface area (Å²) in [6.45, 7) is 6.60. The van der Waals surface area contributed by atoms with Crippen molar-refractivity contribution in [2.45, 2.75) is 64.3 Å². The number of methoxy groups -OCH3 is 1. The van der Waals surface area contributed by atoms with E-state index in [0.29, 0.717) is 49.0 Å². The van der Waals surface area contributed by atoms with Crippen molar-refractivity contribution in [3.8, 4) is 5.75 Å². The number of amidine groups is 1. The second-order valence-electron chi connectivity index (χ2n) is 10.9. The Bertz CT molecular complexity index is 1310. The van der Waals surface area contributed by atoms with E-state index in [4.69, 9.17) is 20.6 Å². The predicted octanol–water partition coefficient (Wildman–Crippen LogP) is 2.21. The minimum absolute atomic E-state index is 0.0497. The zero-order valence-electron chi connectivity index (χ0n) is 23.3. The Kier molecular flexibility index (Phi) is 8.77. The van der Waals surface area contributed by atoms with Crippen molar-refractivity contribution in [2.75, 3.05) is 20.2 Å². The van der Waals surface area contributed by atoms with E-state index in [1.165, 1.54) is 12.0 Å². The van der Waals surface area contributed by atoms with E-state index in [9.17, 15) is 19.2 Å². The molecule has 2 fully saturated rings. The van der Waals surface area contributed by atoms with E-state index in [1.54, 1.807) is 22.8 Å². The van der Waals surface area contributed by atoms with Crippen molar-refractivity contribution in [1.29, 1.82) is 5.41 Å². The average Bonchev–Trinajstić information content (AvgIpc) is 3.59. The smallest absolute Gasteiger partial charge is 0.416 e. The highest BCUT2D eigenvalue weighted by atomic mass is 16.6. The average molecular weight is 555 g/mol. The first-order valence-electron chi connectivity index (χ1n) is 13.6. The highest BCUT2D eigenvalue weighted by Gasteiger charge is 2.44. The van der Waals surface area contributed by atoms with Crippen LogP contribution in [0.5, 0.6) is 5.75 Å². The molecule has 2 unspecified atom stereocenters. The highest BCUT2D eigenvalue weighted by Crippen LogP contribution is 2.33. The van der Waals surface area contributed by atoms with Crippen LogP contribution in [0.4, 0.5) is 4.79 Å². The van der Waals surface area contributed by atoms with E-state index in [-0.39, 0.29) is 35.3 Å². The Morgan fingerprint density at radius 1 is 1.32 bits per heavy atom. The van der Waals surface area contributed by atoms with Crippen LogP contribution in [0.1, 0.15) is 56.6 Å². The second kappa shape index (κ2) is 12.1. The SMILES string of the molecule is COc1cccc2c1cc(C(N)=O)n2[C@H](C=O)CC(C)CN[C@@H](C[C@@H]1CCNC1=O)C1OC(=O)N(C(C)C)C1=N. The monoisotopic (exact) mass is 554 g/mol. The minimum atomic E-state index is -0.834. The highest BCUT2D eigenvalue weighted by molar-refractivity contribution is 6.02. The normalized spacial score (nSPS) is 21.4. The van der Waals surface area contributed by atoms with Crippen LogP contribution in [0.25, 0.3) is 10.9 Å². The summed E-state index contributed by atoms with van der Waals surface area (Å²) in [5.41, 5.74) is 6.55. The van der Waals surface area contributed by atoms with Gasteiger partial charge >= 0.3 is 6.09 Å². The van der Waals surface area contributed by atoms with E-state index >= 15 is 0 Å². The first kappa shape index (κ1) is 29.1. The van der Waals surface area contributed by atoms with Crippen molar-refractivity contribution >= 4 is 40.9 Å². The maximum atomic E-state index is 12.5. The first-order chi connectivity index (χ1) is 19.1. The van der Waals surface area contributed by atoms with Crippen LogP contribution in [0, 0.1) is 17.2 Å². The van der Waals surface area contributed by atoms with Gasteiger partial charge in [0.05, 0.1) is 24.7 Å². The van der Waals surface area contributed by atoms with Crippen LogP contribution in [-0.4, -0.2) is 77.9 Å². The van der Waals surface area contributed by atoms with Crippen molar-refractivity contribution in [2.24, 2.45) is 17.6 Å². The van der Waals surface area contributed by atoms with Crippen LogP contribution in [0.15, 0.2) is 24.3 Å². The molecule has 216 valence electrons. The number of aromatic nitrogens is 1. The first-order valence-corrected chi connectivity index (χ1v) is 13.6. The fourth-order valence-corrected chi connectivity index (χ4v) is 5.73. The number of hydrogen-bond donors (Lipinski definition) is 4. The molecule has 1 aromatic carbocycles. The third-order valence-electron chi connectivity index (χ3n) is 7.71. The van der Waals surface area contributed by atoms with Crippen LogP contribution in [-0.2, 0) is 14.3 Å². The number of rotatable bonds is 13. The molecule has 3 amide bonds. The number of fused-ring (bicyclic) bond motifs is 1. The van der Waals surface area contributed by atoms with Crippen molar-refractivity contribution in [3.63, 3.8) is 0 Å². The fraction of sp³-hybridized carbons (Fsp3) is 0.536. The predicted molar refractivity (Wildman–Crippen MR) is 148 cm³/mol. The Hall–Kier alpha value is -3.93. The quantitative estimate of drug-likeness (QED) is 0.275. The van der Waals surface area contributed by atoms with E-state index in [0.717, 1.165) is 6.29 Å². The number of cyclic esters (lactones) is 1. The molecular weight excluding hydrogens is 516 g/mol. The summed E-state index contributed by atoms with van der Waals surface area (Å²) in [5.74, 6) is -0.400. The van der Waals surface area contributed by atoms with Crippen molar-refractivity contribution in [1.82, 2.24) is 20.1 Å². The Morgan fingerprint density at radius 3 is 2.65 bits per heavy atom. The molecule has 3 heterocycles. The Balaban J connectivity index is 1.53. The standard InChI is InChI=1S/C28H38N6O6/c1-15(2)33-25(29)24(40-28(33)38)20(11-17-8-9-31-27(17)37)32-13-16(3)10-18(14-35)34-21-6-5-7-23(39-4)19(21)12-22(34)26(30)36/h5-7,12,14-18,20,24,29,32H,8-11,13H2,1-4H3,(H2,30,36)(H,31,37)/t16?,17-,18-,20-,24?/m0/s1. The molecule has 0 aliphatic carbocycles. The summed E-state index contributed by atoms with van der Waals surface area (Å²) < 4.78 is 12.7. The van der Waals surface area contributed by atoms with Gasteiger partial charge in [0.1, 0.15) is 23.6 Å². The second-order valence-corrected chi connectivity index (χ2v) is 10.9. The number of nitrogens with one attached hydrogen (secondary N) is 3. The van der Waals surface area contributed by atoms with Crippen LogP contribution in [0.3, 0.4) is 0 Å². The Labute approximate surface area is 233 Å². The molecule has 2 aliphatic heterocycles. The lowest BCUT2D eigenvalue weighted by atomic mass is 9.93.